The van der Waals surface area contributed by atoms with Gasteiger partial charge in [-0.1, -0.05) is 17.7 Å². The summed E-state index contributed by atoms with van der Waals surface area (Å²) in [4.78, 5) is 14.7. The highest BCUT2D eigenvalue weighted by Crippen LogP contribution is 2.17. The molecule has 1 saturated heterocycles. The van der Waals surface area contributed by atoms with E-state index in [9.17, 15) is 4.79 Å². The number of rotatable bonds is 6. The van der Waals surface area contributed by atoms with Crippen molar-refractivity contribution in [3.63, 3.8) is 0 Å². The van der Waals surface area contributed by atoms with Crippen molar-refractivity contribution in [3.8, 4) is 0 Å². The van der Waals surface area contributed by atoms with E-state index in [1.807, 2.05) is 18.7 Å². The molecule has 2 rings (SSSR count). The molecule has 21 heavy (non-hydrogen) atoms. The lowest BCUT2D eigenvalue weighted by molar-refractivity contribution is -0.903. The van der Waals surface area contributed by atoms with Gasteiger partial charge in [-0.3, -0.25) is 4.79 Å². The first-order valence-electron chi connectivity index (χ1n) is 7.88. The summed E-state index contributed by atoms with van der Waals surface area (Å²) in [6.45, 7) is 7.86. The Kier molecular flexibility index (Phi) is 6.58. The minimum Gasteiger partial charge on any atom is -0.466 e. The molecule has 1 fully saturated rings. The van der Waals surface area contributed by atoms with E-state index in [0.29, 0.717) is 6.61 Å². The van der Waals surface area contributed by atoms with Crippen LogP contribution in [-0.2, 0) is 9.53 Å². The maximum absolute atomic E-state index is 11.7. The van der Waals surface area contributed by atoms with Crippen LogP contribution >= 0.6 is 11.8 Å². The summed E-state index contributed by atoms with van der Waals surface area (Å²) in [6.07, 6.45) is 1.95. The van der Waals surface area contributed by atoms with Gasteiger partial charge in [0.15, 0.2) is 0 Å². The first-order valence-corrected chi connectivity index (χ1v) is 8.87. The average Bonchev–Trinajstić information content (AvgIpc) is 2.50. The van der Waals surface area contributed by atoms with Crippen molar-refractivity contribution in [1.29, 1.82) is 0 Å². The topological polar surface area (TPSA) is 30.7 Å². The number of thioether (sulfide) groups is 1. The second-order valence-electron chi connectivity index (χ2n) is 5.69. The first-order chi connectivity index (χ1) is 10.2. The Hall–Kier alpha value is -1.00. The van der Waals surface area contributed by atoms with E-state index in [-0.39, 0.29) is 11.9 Å². The number of ether oxygens (including phenoxy) is 1. The molecule has 1 aromatic carbocycles. The van der Waals surface area contributed by atoms with E-state index in [2.05, 4.69) is 31.2 Å². The van der Waals surface area contributed by atoms with Crippen LogP contribution < -0.4 is 4.90 Å². The molecule has 1 aliphatic heterocycles. The van der Waals surface area contributed by atoms with Crippen molar-refractivity contribution >= 4 is 17.7 Å². The number of aryl methyl sites for hydroxylation is 1. The van der Waals surface area contributed by atoms with E-state index >= 15 is 0 Å². The second-order valence-corrected chi connectivity index (χ2v) is 6.86. The lowest BCUT2D eigenvalue weighted by Gasteiger charge is -2.28. The second kappa shape index (κ2) is 8.44. The van der Waals surface area contributed by atoms with Crippen LogP contribution in [0, 0.1) is 12.8 Å². The van der Waals surface area contributed by atoms with Gasteiger partial charge in [-0.05, 0) is 26.0 Å². The number of hydrogen-bond acceptors (Lipinski definition) is 3. The minimum absolute atomic E-state index is 0.00517. The third-order valence-corrected chi connectivity index (χ3v) is 5.07. The Morgan fingerprint density at radius 2 is 1.95 bits per heavy atom. The molecule has 1 heterocycles. The van der Waals surface area contributed by atoms with Gasteiger partial charge >= 0.3 is 5.97 Å². The number of carbonyl (C=O) groups excluding carboxylic acids is 1. The van der Waals surface area contributed by atoms with E-state index in [1.165, 1.54) is 17.0 Å². The summed E-state index contributed by atoms with van der Waals surface area (Å²) in [6, 6.07) is 8.73. The quantitative estimate of drug-likeness (QED) is 0.644. The molecule has 1 N–H and O–H groups in total. The number of carbonyl (C=O) groups is 1. The molecular weight excluding hydrogens is 282 g/mol. The van der Waals surface area contributed by atoms with Crippen LogP contribution in [0.25, 0.3) is 0 Å². The molecule has 0 unspecified atom stereocenters. The summed E-state index contributed by atoms with van der Waals surface area (Å²) < 4.78 is 5.11. The lowest BCUT2D eigenvalue weighted by Crippen LogP contribution is -3.13. The predicted molar refractivity (Wildman–Crippen MR) is 86.8 cm³/mol. The van der Waals surface area contributed by atoms with E-state index in [4.69, 9.17) is 4.74 Å². The fraction of sp³-hybridized carbons (Fsp3) is 0.588. The average molecular weight is 308 g/mol. The van der Waals surface area contributed by atoms with Gasteiger partial charge in [0.25, 0.3) is 0 Å². The molecule has 0 amide bonds. The van der Waals surface area contributed by atoms with Crippen LogP contribution in [0.1, 0.15) is 25.3 Å². The maximum atomic E-state index is 11.7. The van der Waals surface area contributed by atoms with Crippen LogP contribution in [0.15, 0.2) is 29.2 Å². The number of likely N-dealkylation sites (tertiary alicyclic amines) is 1. The highest BCUT2D eigenvalue weighted by Gasteiger charge is 2.27. The summed E-state index contributed by atoms with van der Waals surface area (Å²) >= 11 is 1.93. The zero-order chi connectivity index (χ0) is 15.1. The number of quaternary nitrogens is 1. The molecule has 0 aliphatic carbocycles. The van der Waals surface area contributed by atoms with Gasteiger partial charge in [0.05, 0.1) is 32.2 Å². The van der Waals surface area contributed by atoms with Crippen molar-refractivity contribution in [2.75, 3.05) is 32.0 Å². The van der Waals surface area contributed by atoms with Gasteiger partial charge in [0.1, 0.15) is 0 Å². The van der Waals surface area contributed by atoms with Crippen LogP contribution in [0.2, 0.25) is 0 Å². The van der Waals surface area contributed by atoms with Crippen molar-refractivity contribution in [3.05, 3.63) is 29.8 Å². The molecule has 0 spiro atoms. The minimum atomic E-state index is 0.00517. The third-order valence-electron chi connectivity index (χ3n) is 4.06. The zero-order valence-electron chi connectivity index (χ0n) is 13.1. The van der Waals surface area contributed by atoms with Gasteiger partial charge < -0.3 is 9.64 Å². The number of benzene rings is 1. The normalized spacial score (nSPS) is 22.0. The van der Waals surface area contributed by atoms with Crippen molar-refractivity contribution < 1.29 is 14.4 Å². The number of piperidine rings is 1. The molecule has 3 nitrogen and oxygen atoms in total. The molecule has 0 radical (unpaired) electrons. The summed E-state index contributed by atoms with van der Waals surface area (Å²) in [5, 5.41) is 0. The maximum Gasteiger partial charge on any atom is 0.309 e. The molecule has 116 valence electrons. The van der Waals surface area contributed by atoms with Crippen LogP contribution in [0.4, 0.5) is 0 Å². The Labute approximate surface area is 132 Å². The van der Waals surface area contributed by atoms with Crippen molar-refractivity contribution in [2.45, 2.75) is 31.6 Å². The molecule has 0 bridgehead atoms. The van der Waals surface area contributed by atoms with Gasteiger partial charge in [-0.2, -0.15) is 0 Å². The smallest absolute Gasteiger partial charge is 0.309 e. The number of hydrogen-bond donors (Lipinski definition) is 1. The largest absolute Gasteiger partial charge is 0.466 e. The molecule has 1 aliphatic rings. The van der Waals surface area contributed by atoms with Crippen molar-refractivity contribution in [2.24, 2.45) is 5.92 Å². The molecule has 0 atom stereocenters. The third kappa shape index (κ3) is 5.36. The van der Waals surface area contributed by atoms with Crippen molar-refractivity contribution in [1.82, 2.24) is 0 Å². The molecular formula is C17H26NO2S+. The standard InChI is InChI=1S/C17H25NO2S/c1-3-20-17(19)15-8-10-18(11-9-15)12-13-21-16-6-4-14(2)5-7-16/h4-7,15H,3,8-13H2,1-2H3/p+1. The van der Waals surface area contributed by atoms with Crippen LogP contribution in [-0.4, -0.2) is 38.0 Å². The molecule has 0 aromatic heterocycles. The van der Waals surface area contributed by atoms with Gasteiger partial charge in [0, 0.05) is 23.5 Å². The molecule has 0 saturated carbocycles. The van der Waals surface area contributed by atoms with Gasteiger partial charge in [0.2, 0.25) is 0 Å². The summed E-state index contributed by atoms with van der Waals surface area (Å²) in [5.74, 6) is 1.28. The summed E-state index contributed by atoms with van der Waals surface area (Å²) in [7, 11) is 0. The lowest BCUT2D eigenvalue weighted by atomic mass is 9.97. The summed E-state index contributed by atoms with van der Waals surface area (Å²) in [5.41, 5.74) is 1.31. The number of esters is 1. The fourth-order valence-corrected chi connectivity index (χ4v) is 3.67. The first kappa shape index (κ1) is 16.4. The van der Waals surface area contributed by atoms with E-state index in [1.54, 1.807) is 4.90 Å². The number of nitrogens with one attached hydrogen (secondary N) is 1. The van der Waals surface area contributed by atoms with Crippen LogP contribution in [0.3, 0.4) is 0 Å². The Morgan fingerprint density at radius 1 is 1.29 bits per heavy atom. The highest BCUT2D eigenvalue weighted by atomic mass is 32.2. The van der Waals surface area contributed by atoms with Gasteiger partial charge in [-0.25, -0.2) is 0 Å². The Balaban J connectivity index is 1.65. The molecule has 4 heteroatoms. The highest BCUT2D eigenvalue weighted by molar-refractivity contribution is 7.99. The van der Waals surface area contributed by atoms with E-state index in [0.717, 1.165) is 31.7 Å². The van der Waals surface area contributed by atoms with Crippen LogP contribution in [0.5, 0.6) is 0 Å². The Bertz CT molecular complexity index is 439. The zero-order valence-corrected chi connectivity index (χ0v) is 13.9. The SMILES string of the molecule is CCOC(=O)C1CC[NH+](CCSc2ccc(C)cc2)CC1. The van der Waals surface area contributed by atoms with E-state index < -0.39 is 0 Å². The Morgan fingerprint density at radius 3 is 2.57 bits per heavy atom. The fourth-order valence-electron chi connectivity index (χ4n) is 2.72. The predicted octanol–water partition coefficient (Wildman–Crippen LogP) is 1.95. The monoisotopic (exact) mass is 308 g/mol. The van der Waals surface area contributed by atoms with Gasteiger partial charge in [-0.15, -0.1) is 11.8 Å². The molecule has 1 aromatic rings.